The Hall–Kier alpha value is -3.27. The van der Waals surface area contributed by atoms with Gasteiger partial charge < -0.3 is 28.5 Å². The van der Waals surface area contributed by atoms with E-state index in [2.05, 4.69) is 86.8 Å². The molecule has 0 aliphatic heterocycles. The first-order chi connectivity index (χ1) is 30.6. The van der Waals surface area contributed by atoms with Crippen LogP contribution in [-0.4, -0.2) is 87.4 Å². The maximum Gasteiger partial charge on any atom is 0.361 e. The first kappa shape index (κ1) is 59.7. The van der Waals surface area contributed by atoms with E-state index in [1.165, 1.54) is 77.0 Å². The van der Waals surface area contributed by atoms with E-state index in [1.807, 2.05) is 21.1 Å². The highest BCUT2D eigenvalue weighted by Gasteiger charge is 2.25. The molecule has 0 aliphatic rings. The molecule has 63 heavy (non-hydrogen) atoms. The van der Waals surface area contributed by atoms with Crippen LogP contribution in [0.5, 0.6) is 0 Å². The SMILES string of the molecule is CC/C=C\C/C=C\C/C=C\C/C=C\C/C=C\C/C=C\CCCCCCCCCCCCC(=O)OC(COC(=O)CCCCCCCCCCC)COC(OCC[N+](C)(C)C)C(=O)O. The molecule has 1 N–H and O–H groups in total. The lowest BCUT2D eigenvalue weighted by Crippen LogP contribution is -2.40. The summed E-state index contributed by atoms with van der Waals surface area (Å²) in [5, 5.41) is 9.64. The van der Waals surface area contributed by atoms with E-state index in [0.29, 0.717) is 23.9 Å². The number of quaternary nitrogens is 1. The minimum Gasteiger partial charge on any atom is -0.477 e. The predicted octanol–water partition coefficient (Wildman–Crippen LogP) is 13.9. The lowest BCUT2D eigenvalue weighted by atomic mass is 10.0. The fourth-order valence-electron chi connectivity index (χ4n) is 6.60. The van der Waals surface area contributed by atoms with Gasteiger partial charge in [-0.3, -0.25) is 9.59 Å². The Morgan fingerprint density at radius 3 is 1.35 bits per heavy atom. The summed E-state index contributed by atoms with van der Waals surface area (Å²) in [4.78, 5) is 37.1. The van der Waals surface area contributed by atoms with Crippen LogP contribution in [0.1, 0.15) is 194 Å². The molecule has 2 atom stereocenters. The van der Waals surface area contributed by atoms with Crippen LogP contribution in [0.15, 0.2) is 72.9 Å². The van der Waals surface area contributed by atoms with Crippen LogP contribution >= 0.6 is 0 Å². The Balaban J connectivity index is 4.21. The van der Waals surface area contributed by atoms with Crippen molar-refractivity contribution in [3.8, 4) is 0 Å². The fourth-order valence-corrected chi connectivity index (χ4v) is 6.60. The third kappa shape index (κ3) is 46.5. The average molecular weight is 885 g/mol. The van der Waals surface area contributed by atoms with Gasteiger partial charge in [-0.1, -0.05) is 189 Å². The van der Waals surface area contributed by atoms with Crippen LogP contribution in [0.25, 0.3) is 0 Å². The smallest absolute Gasteiger partial charge is 0.361 e. The number of carboxylic acid groups (broad SMARTS) is 1. The standard InChI is InChI=1S/C54H93NO8/c1-6-8-10-12-14-16-17-18-19-20-21-22-23-24-25-26-27-28-29-30-31-32-33-34-35-37-39-41-43-45-52(57)63-50(49-62-54(53(58)59)60-47-46-55(3,4)5)48-61-51(56)44-42-40-38-36-15-13-11-9-7-2/h8,10,14,16,18-19,21-22,24-25,27-28,50,54H,6-7,9,11-13,15,17,20,23,26,29-49H2,1-5H3/p+1/b10-8-,16-14-,19-18-,22-21-,25-24-,28-27-. The minimum atomic E-state index is -1.51. The highest BCUT2D eigenvalue weighted by molar-refractivity contribution is 5.71. The Morgan fingerprint density at radius 2 is 0.905 bits per heavy atom. The second kappa shape index (κ2) is 45.3. The Kier molecular flexibility index (Phi) is 43.0. The number of allylic oxidation sites excluding steroid dienone is 12. The first-order valence-corrected chi connectivity index (χ1v) is 25.1. The molecule has 0 aromatic rings. The monoisotopic (exact) mass is 885 g/mol. The Morgan fingerprint density at radius 1 is 0.492 bits per heavy atom. The number of hydrogen-bond donors (Lipinski definition) is 1. The fraction of sp³-hybridized carbons (Fsp3) is 0.722. The van der Waals surface area contributed by atoms with Gasteiger partial charge >= 0.3 is 17.9 Å². The maximum absolute atomic E-state index is 12.8. The molecule has 0 radical (unpaired) electrons. The van der Waals surface area contributed by atoms with Gasteiger partial charge in [-0.15, -0.1) is 0 Å². The van der Waals surface area contributed by atoms with Crippen molar-refractivity contribution < 1.29 is 42.9 Å². The number of aliphatic carboxylic acids is 1. The van der Waals surface area contributed by atoms with Crippen molar-refractivity contribution in [2.45, 2.75) is 206 Å². The molecule has 0 bridgehead atoms. The molecule has 0 aromatic heterocycles. The summed E-state index contributed by atoms with van der Waals surface area (Å²) in [5.41, 5.74) is 0. The summed E-state index contributed by atoms with van der Waals surface area (Å²) in [6, 6.07) is 0. The lowest BCUT2D eigenvalue weighted by molar-refractivity contribution is -0.870. The summed E-state index contributed by atoms with van der Waals surface area (Å²) in [5.74, 6) is -2.02. The van der Waals surface area contributed by atoms with E-state index in [0.717, 1.165) is 83.5 Å². The number of esters is 2. The van der Waals surface area contributed by atoms with E-state index in [4.69, 9.17) is 18.9 Å². The summed E-state index contributed by atoms with van der Waals surface area (Å²) in [7, 11) is 5.95. The molecular weight excluding hydrogens is 791 g/mol. The van der Waals surface area contributed by atoms with Crippen molar-refractivity contribution in [2.75, 3.05) is 47.5 Å². The highest BCUT2D eigenvalue weighted by atomic mass is 16.7. The number of unbranched alkanes of at least 4 members (excludes halogenated alkanes) is 18. The number of rotatable bonds is 45. The Labute approximate surface area is 386 Å². The quantitative estimate of drug-likeness (QED) is 0.0212. The van der Waals surface area contributed by atoms with Gasteiger partial charge in [0.25, 0.3) is 6.29 Å². The number of likely N-dealkylation sites (N-methyl/N-ethyl adjacent to an activating group) is 1. The summed E-state index contributed by atoms with van der Waals surface area (Å²) >= 11 is 0. The topological polar surface area (TPSA) is 108 Å². The van der Waals surface area contributed by atoms with Crippen molar-refractivity contribution in [3.05, 3.63) is 72.9 Å². The van der Waals surface area contributed by atoms with Crippen LogP contribution < -0.4 is 0 Å². The van der Waals surface area contributed by atoms with Gasteiger partial charge in [0.15, 0.2) is 6.10 Å². The summed E-state index contributed by atoms with van der Waals surface area (Å²) < 4.78 is 22.7. The first-order valence-electron chi connectivity index (χ1n) is 25.1. The molecule has 0 rings (SSSR count). The van der Waals surface area contributed by atoms with Crippen LogP contribution in [0, 0.1) is 0 Å². The van der Waals surface area contributed by atoms with Gasteiger partial charge in [-0.05, 0) is 64.2 Å². The number of nitrogens with zero attached hydrogens (tertiary/aromatic N) is 1. The molecule has 2 unspecified atom stereocenters. The number of carbonyl (C=O) groups excluding carboxylic acids is 2. The molecule has 0 aliphatic carbocycles. The van der Waals surface area contributed by atoms with Crippen LogP contribution in [0.2, 0.25) is 0 Å². The normalized spacial score (nSPS) is 13.5. The number of carbonyl (C=O) groups is 3. The zero-order valence-corrected chi connectivity index (χ0v) is 41.0. The third-order valence-corrected chi connectivity index (χ3v) is 10.5. The molecular formula is C54H94NO8+. The van der Waals surface area contributed by atoms with Crippen molar-refractivity contribution in [3.63, 3.8) is 0 Å². The maximum atomic E-state index is 12.8. The van der Waals surface area contributed by atoms with Crippen molar-refractivity contribution >= 4 is 17.9 Å². The third-order valence-electron chi connectivity index (χ3n) is 10.5. The van der Waals surface area contributed by atoms with Crippen LogP contribution in [0.3, 0.4) is 0 Å². The number of ether oxygens (including phenoxy) is 4. The molecule has 9 heteroatoms. The molecule has 362 valence electrons. The molecule has 0 fully saturated rings. The largest absolute Gasteiger partial charge is 0.477 e. The highest BCUT2D eigenvalue weighted by Crippen LogP contribution is 2.14. The second-order valence-corrected chi connectivity index (χ2v) is 17.8. The summed E-state index contributed by atoms with van der Waals surface area (Å²) in [6.45, 7) is 4.72. The Bertz CT molecular complexity index is 1260. The van der Waals surface area contributed by atoms with E-state index in [-0.39, 0.29) is 32.2 Å². The lowest BCUT2D eigenvalue weighted by Gasteiger charge is -2.25. The molecule has 0 amide bonds. The molecule has 0 saturated carbocycles. The van der Waals surface area contributed by atoms with E-state index in [9.17, 15) is 19.5 Å². The van der Waals surface area contributed by atoms with Gasteiger partial charge in [0.2, 0.25) is 0 Å². The predicted molar refractivity (Wildman–Crippen MR) is 263 cm³/mol. The molecule has 0 saturated heterocycles. The van der Waals surface area contributed by atoms with Gasteiger partial charge in [-0.2, -0.15) is 0 Å². The van der Waals surface area contributed by atoms with Crippen LogP contribution in [-0.2, 0) is 33.3 Å². The van der Waals surface area contributed by atoms with Crippen molar-refractivity contribution in [1.29, 1.82) is 0 Å². The molecule has 0 heterocycles. The van der Waals surface area contributed by atoms with E-state index < -0.39 is 24.3 Å². The molecule has 9 nitrogen and oxygen atoms in total. The average Bonchev–Trinajstić information content (AvgIpc) is 3.24. The number of hydrogen-bond acceptors (Lipinski definition) is 7. The zero-order chi connectivity index (χ0) is 46.3. The van der Waals surface area contributed by atoms with Gasteiger partial charge in [0.05, 0.1) is 34.4 Å². The van der Waals surface area contributed by atoms with Crippen LogP contribution in [0.4, 0.5) is 0 Å². The molecule has 0 aromatic carbocycles. The van der Waals surface area contributed by atoms with E-state index >= 15 is 0 Å². The minimum absolute atomic E-state index is 0.185. The van der Waals surface area contributed by atoms with Crippen molar-refractivity contribution in [1.82, 2.24) is 0 Å². The van der Waals surface area contributed by atoms with Gasteiger partial charge in [0, 0.05) is 12.8 Å². The van der Waals surface area contributed by atoms with Gasteiger partial charge in [-0.25, -0.2) is 4.79 Å². The zero-order valence-electron chi connectivity index (χ0n) is 41.0. The molecule has 0 spiro atoms. The number of carboxylic acids is 1. The van der Waals surface area contributed by atoms with Crippen molar-refractivity contribution in [2.24, 2.45) is 0 Å². The second-order valence-electron chi connectivity index (χ2n) is 17.8. The summed E-state index contributed by atoms with van der Waals surface area (Å²) in [6.07, 6.45) is 54.1. The van der Waals surface area contributed by atoms with Gasteiger partial charge in [0.1, 0.15) is 13.2 Å². The van der Waals surface area contributed by atoms with E-state index in [1.54, 1.807) is 0 Å².